The summed E-state index contributed by atoms with van der Waals surface area (Å²) in [4.78, 5) is 27.2. The highest BCUT2D eigenvalue weighted by Gasteiger charge is 2.33. The molecule has 1 N–H and O–H groups in total. The number of benzene rings is 2. The van der Waals surface area contributed by atoms with Crippen molar-refractivity contribution in [2.45, 2.75) is 24.2 Å². The van der Waals surface area contributed by atoms with E-state index in [4.69, 9.17) is 19.3 Å². The Kier molecular flexibility index (Phi) is 9.08. The van der Waals surface area contributed by atoms with E-state index in [2.05, 4.69) is 15.5 Å². The number of hydrogen-bond acceptors (Lipinski definition) is 10. The number of carbonyl (C=O) groups excluding carboxylic acids is 2. The summed E-state index contributed by atoms with van der Waals surface area (Å²) in [7, 11) is 6.48. The zero-order valence-electron chi connectivity index (χ0n) is 23.6. The predicted molar refractivity (Wildman–Crippen MR) is 160 cm³/mol. The molecule has 4 aromatic rings. The molecule has 0 aliphatic carbocycles. The van der Waals surface area contributed by atoms with Crippen LogP contribution in [-0.2, 0) is 18.4 Å². The molecule has 0 bridgehead atoms. The fraction of sp³-hybridized carbons (Fsp3) is 0.276. The van der Waals surface area contributed by atoms with Gasteiger partial charge in [-0.3, -0.25) is 9.59 Å². The number of rotatable bonds is 11. The summed E-state index contributed by atoms with van der Waals surface area (Å²) in [6, 6.07) is 16.4. The van der Waals surface area contributed by atoms with E-state index in [1.807, 2.05) is 41.8 Å². The molecule has 42 heavy (non-hydrogen) atoms. The molecule has 1 atom stereocenters. The molecule has 2 amide bonds. The second-order valence-corrected chi connectivity index (χ2v) is 11.1. The second-order valence-electron chi connectivity index (χ2n) is 9.25. The maximum absolute atomic E-state index is 13.5. The van der Waals surface area contributed by atoms with Gasteiger partial charge in [-0.2, -0.15) is 5.10 Å². The van der Waals surface area contributed by atoms with Crippen molar-refractivity contribution in [3.63, 3.8) is 0 Å². The van der Waals surface area contributed by atoms with E-state index >= 15 is 0 Å². The average molecular weight is 607 g/mol. The summed E-state index contributed by atoms with van der Waals surface area (Å²) in [5, 5.41) is 20.2. The van der Waals surface area contributed by atoms with E-state index in [1.165, 1.54) is 26.0 Å². The molecule has 0 unspecified atom stereocenters. The van der Waals surface area contributed by atoms with Gasteiger partial charge in [0.25, 0.3) is 11.8 Å². The highest BCUT2D eigenvalue weighted by atomic mass is 32.2. The van der Waals surface area contributed by atoms with Crippen LogP contribution in [0.4, 0.5) is 0 Å². The van der Waals surface area contributed by atoms with Crippen LogP contribution in [0.5, 0.6) is 17.2 Å². The molecule has 0 radical (unpaired) electrons. The van der Waals surface area contributed by atoms with Gasteiger partial charge in [-0.1, -0.05) is 30.0 Å². The van der Waals surface area contributed by atoms with Gasteiger partial charge < -0.3 is 24.1 Å². The van der Waals surface area contributed by atoms with Crippen molar-refractivity contribution in [1.29, 1.82) is 0 Å². The fourth-order valence-corrected chi connectivity index (χ4v) is 5.98. The van der Waals surface area contributed by atoms with E-state index in [0.29, 0.717) is 34.5 Å². The average Bonchev–Trinajstić information content (AvgIpc) is 3.79. The zero-order valence-corrected chi connectivity index (χ0v) is 25.2. The van der Waals surface area contributed by atoms with E-state index in [1.54, 1.807) is 53.3 Å². The molecule has 11 nitrogen and oxygen atoms in total. The summed E-state index contributed by atoms with van der Waals surface area (Å²) in [5.41, 5.74) is 2.29. The number of ether oxygens (including phenoxy) is 3. The topological polar surface area (TPSA) is 120 Å². The Balaban J connectivity index is 1.23. The standard InChI is InChI=1S/C29H30N6O5S2/c1-34-26(16-30-28(37)19-9-12-23(39-3)24(14-19)40-4)31-32-29(34)42-17-27(36)35-22(18-7-10-20(38-2)11-8-18)15-21(33-35)25-6-5-13-41-25/h5-14,22H,15-17H2,1-4H3,(H,30,37)/t22-/m1/s1. The van der Waals surface area contributed by atoms with Gasteiger partial charge in [0.2, 0.25) is 0 Å². The lowest BCUT2D eigenvalue weighted by Crippen LogP contribution is -2.28. The SMILES string of the molecule is COc1ccc([C@H]2CC(c3cccs3)=NN2C(=O)CSc2nnc(CNC(=O)c3ccc(OC)c(OC)c3)n2C)cc1. The van der Waals surface area contributed by atoms with Crippen molar-refractivity contribution in [3.05, 3.63) is 81.8 Å². The number of aromatic nitrogens is 3. The Morgan fingerprint density at radius 2 is 1.81 bits per heavy atom. The van der Waals surface area contributed by atoms with Crippen LogP contribution in [0.25, 0.3) is 0 Å². The van der Waals surface area contributed by atoms with Gasteiger partial charge in [0.1, 0.15) is 5.75 Å². The Labute approximate surface area is 251 Å². The summed E-state index contributed by atoms with van der Waals surface area (Å²) in [6.45, 7) is 0.158. The number of carbonyl (C=O) groups is 2. The third-order valence-corrected chi connectivity index (χ3v) is 8.70. The van der Waals surface area contributed by atoms with Crippen LogP contribution in [0.15, 0.2) is 70.2 Å². The van der Waals surface area contributed by atoms with Gasteiger partial charge in [0.15, 0.2) is 22.5 Å². The minimum absolute atomic E-state index is 0.123. The number of amides is 2. The second kappa shape index (κ2) is 13.1. The molecule has 3 heterocycles. The van der Waals surface area contributed by atoms with Crippen molar-refractivity contribution in [2.75, 3.05) is 27.1 Å². The first-order valence-corrected chi connectivity index (χ1v) is 14.9. The molecule has 1 aliphatic rings. The first kappa shape index (κ1) is 29.1. The van der Waals surface area contributed by atoms with E-state index in [9.17, 15) is 9.59 Å². The van der Waals surface area contributed by atoms with E-state index in [-0.39, 0.29) is 30.2 Å². The molecule has 0 saturated heterocycles. The monoisotopic (exact) mass is 606 g/mol. The maximum atomic E-state index is 13.5. The number of nitrogens with zero attached hydrogens (tertiary/aromatic N) is 5. The van der Waals surface area contributed by atoms with Crippen LogP contribution in [0.3, 0.4) is 0 Å². The summed E-state index contributed by atoms with van der Waals surface area (Å²) in [5.74, 6) is 2.00. The summed E-state index contributed by atoms with van der Waals surface area (Å²) in [6.07, 6.45) is 0.622. The third kappa shape index (κ3) is 6.26. The molecule has 2 aromatic heterocycles. The molecule has 0 saturated carbocycles. The Morgan fingerprint density at radius 3 is 2.50 bits per heavy atom. The van der Waals surface area contributed by atoms with Crippen LogP contribution < -0.4 is 19.5 Å². The lowest BCUT2D eigenvalue weighted by atomic mass is 10.0. The number of methoxy groups -OCH3 is 3. The van der Waals surface area contributed by atoms with Gasteiger partial charge >= 0.3 is 0 Å². The minimum atomic E-state index is -0.290. The van der Waals surface area contributed by atoms with Gasteiger partial charge in [-0.05, 0) is 47.3 Å². The lowest BCUT2D eigenvalue weighted by molar-refractivity contribution is -0.130. The van der Waals surface area contributed by atoms with Crippen LogP contribution >= 0.6 is 23.1 Å². The number of thioether (sulfide) groups is 1. The Hall–Kier alpha value is -4.36. The molecular formula is C29H30N6O5S2. The normalized spacial score (nSPS) is 14.4. The van der Waals surface area contributed by atoms with Crippen LogP contribution in [0.2, 0.25) is 0 Å². The highest BCUT2D eigenvalue weighted by molar-refractivity contribution is 7.99. The summed E-state index contributed by atoms with van der Waals surface area (Å²) < 4.78 is 17.6. The largest absolute Gasteiger partial charge is 0.497 e. The molecule has 2 aromatic carbocycles. The fourth-order valence-electron chi connectivity index (χ4n) is 4.47. The Morgan fingerprint density at radius 1 is 1.02 bits per heavy atom. The predicted octanol–water partition coefficient (Wildman–Crippen LogP) is 4.30. The van der Waals surface area contributed by atoms with Crippen LogP contribution in [0.1, 0.15) is 39.1 Å². The molecule has 1 aliphatic heterocycles. The lowest BCUT2D eigenvalue weighted by Gasteiger charge is -2.22. The van der Waals surface area contributed by atoms with Crippen LogP contribution in [0, 0.1) is 0 Å². The maximum Gasteiger partial charge on any atom is 0.253 e. The van der Waals surface area contributed by atoms with Crippen molar-refractivity contribution in [1.82, 2.24) is 25.1 Å². The molecular weight excluding hydrogens is 576 g/mol. The van der Waals surface area contributed by atoms with Crippen molar-refractivity contribution in [3.8, 4) is 17.2 Å². The minimum Gasteiger partial charge on any atom is -0.497 e. The quantitative estimate of drug-likeness (QED) is 0.251. The summed E-state index contributed by atoms with van der Waals surface area (Å²) >= 11 is 2.88. The zero-order chi connectivity index (χ0) is 29.6. The third-order valence-electron chi connectivity index (χ3n) is 6.77. The molecule has 5 rings (SSSR count). The van der Waals surface area contributed by atoms with E-state index < -0.39 is 0 Å². The number of nitrogens with one attached hydrogen (secondary N) is 1. The number of thiophene rings is 1. The first-order chi connectivity index (χ1) is 20.4. The van der Waals surface area contributed by atoms with Gasteiger partial charge in [0, 0.05) is 19.0 Å². The number of hydrazone groups is 1. The Bertz CT molecular complexity index is 1590. The smallest absolute Gasteiger partial charge is 0.253 e. The van der Waals surface area contributed by atoms with Gasteiger partial charge in [0.05, 0.1) is 50.3 Å². The van der Waals surface area contributed by atoms with Crippen molar-refractivity contribution >= 4 is 40.6 Å². The molecule has 0 fully saturated rings. The number of hydrogen-bond donors (Lipinski definition) is 1. The molecule has 0 spiro atoms. The molecule has 218 valence electrons. The van der Waals surface area contributed by atoms with Gasteiger partial charge in [-0.15, -0.1) is 21.5 Å². The van der Waals surface area contributed by atoms with Gasteiger partial charge in [-0.25, -0.2) is 5.01 Å². The molecule has 13 heteroatoms. The van der Waals surface area contributed by atoms with Crippen molar-refractivity contribution in [2.24, 2.45) is 12.1 Å². The van der Waals surface area contributed by atoms with Crippen LogP contribution in [-0.4, -0.2) is 64.4 Å². The van der Waals surface area contributed by atoms with E-state index in [0.717, 1.165) is 21.9 Å². The van der Waals surface area contributed by atoms with Crippen molar-refractivity contribution < 1.29 is 23.8 Å². The highest BCUT2D eigenvalue weighted by Crippen LogP contribution is 2.35. The first-order valence-electron chi connectivity index (χ1n) is 13.0.